The Kier molecular flexibility index (Phi) is 7.10. The molecule has 2 aromatic heterocycles. The molecule has 0 radical (unpaired) electrons. The van der Waals surface area contributed by atoms with Crippen molar-refractivity contribution >= 4 is 69.3 Å². The van der Waals surface area contributed by atoms with Crippen molar-refractivity contribution in [1.82, 2.24) is 10.3 Å². The van der Waals surface area contributed by atoms with Gasteiger partial charge in [0.15, 0.2) is 10.7 Å². The van der Waals surface area contributed by atoms with E-state index in [4.69, 9.17) is 44.3 Å². The number of oxazole rings is 1. The van der Waals surface area contributed by atoms with Gasteiger partial charge in [-0.1, -0.05) is 29.3 Å². The molecule has 5 aromatic rings. The Morgan fingerprint density at radius 2 is 1.68 bits per heavy atom. The monoisotopic (exact) mass is 547 g/mol. The lowest BCUT2D eigenvalue weighted by Gasteiger charge is -2.08. The predicted octanol–water partition coefficient (Wildman–Crippen LogP) is 7.90. The molecule has 0 atom stereocenters. The zero-order valence-electron chi connectivity index (χ0n) is 19.4. The number of thiocarbonyl (C=S) groups is 1. The van der Waals surface area contributed by atoms with E-state index in [0.29, 0.717) is 33.1 Å². The van der Waals surface area contributed by atoms with Crippen molar-refractivity contribution in [3.63, 3.8) is 0 Å². The molecule has 0 unspecified atom stereocenters. The summed E-state index contributed by atoms with van der Waals surface area (Å²) in [6, 6.07) is 21.9. The van der Waals surface area contributed by atoms with Gasteiger partial charge in [-0.25, -0.2) is 4.98 Å². The third-order valence-corrected chi connectivity index (χ3v) is 5.98. The number of rotatable bonds is 5. The van der Waals surface area contributed by atoms with E-state index in [-0.39, 0.29) is 5.11 Å². The summed E-state index contributed by atoms with van der Waals surface area (Å²) in [7, 11) is 0. The van der Waals surface area contributed by atoms with Crippen molar-refractivity contribution in [2.24, 2.45) is 0 Å². The van der Waals surface area contributed by atoms with Crippen LogP contribution in [0.3, 0.4) is 0 Å². The zero-order valence-corrected chi connectivity index (χ0v) is 21.7. The molecule has 0 aliphatic heterocycles. The normalized spacial score (nSPS) is 11.2. The number of nitrogens with one attached hydrogen (secondary N) is 2. The number of hydrogen-bond donors (Lipinski definition) is 2. The SMILES string of the molecule is Cc1ccc2nc(-c3ccc(NC(=S)NC(=O)/C=C/c4ccc(-c5cc(Cl)cc(Cl)c5)o4)cc3)oc2c1. The lowest BCUT2D eigenvalue weighted by Crippen LogP contribution is -2.32. The van der Waals surface area contributed by atoms with Gasteiger partial charge >= 0.3 is 0 Å². The molecule has 184 valence electrons. The Labute approximate surface area is 227 Å². The first-order chi connectivity index (χ1) is 17.8. The van der Waals surface area contributed by atoms with E-state index >= 15 is 0 Å². The van der Waals surface area contributed by atoms with Gasteiger partial charge in [0.05, 0.1) is 0 Å². The summed E-state index contributed by atoms with van der Waals surface area (Å²) in [5.74, 6) is 1.20. The van der Waals surface area contributed by atoms with Crippen LogP contribution in [0.25, 0.3) is 40.0 Å². The maximum Gasteiger partial charge on any atom is 0.250 e. The lowest BCUT2D eigenvalue weighted by molar-refractivity contribution is -0.115. The number of aryl methyl sites for hydroxylation is 1. The van der Waals surface area contributed by atoms with Crippen LogP contribution in [0.5, 0.6) is 0 Å². The summed E-state index contributed by atoms with van der Waals surface area (Å²) >= 11 is 17.4. The van der Waals surface area contributed by atoms with Crippen molar-refractivity contribution in [2.75, 3.05) is 5.32 Å². The number of fused-ring (bicyclic) bond motifs is 1. The van der Waals surface area contributed by atoms with E-state index in [2.05, 4.69) is 15.6 Å². The topological polar surface area (TPSA) is 80.3 Å². The highest BCUT2D eigenvalue weighted by atomic mass is 35.5. The van der Waals surface area contributed by atoms with Crippen LogP contribution in [0.2, 0.25) is 10.0 Å². The fraction of sp³-hybridized carbons (Fsp3) is 0.0357. The average Bonchev–Trinajstić information content (AvgIpc) is 3.49. The van der Waals surface area contributed by atoms with Gasteiger partial charge in [0.25, 0.3) is 0 Å². The Morgan fingerprint density at radius 3 is 2.43 bits per heavy atom. The second kappa shape index (κ2) is 10.6. The molecule has 0 spiro atoms. The molecule has 3 aromatic carbocycles. The van der Waals surface area contributed by atoms with E-state index in [9.17, 15) is 4.79 Å². The fourth-order valence-corrected chi connectivity index (χ4v) is 4.36. The van der Waals surface area contributed by atoms with Gasteiger partial charge in [-0.15, -0.1) is 0 Å². The molecule has 9 heteroatoms. The number of halogens is 2. The van der Waals surface area contributed by atoms with Gasteiger partial charge in [0, 0.05) is 32.9 Å². The number of carbonyl (C=O) groups excluding carboxylic acids is 1. The molecule has 0 saturated heterocycles. The smallest absolute Gasteiger partial charge is 0.250 e. The van der Waals surface area contributed by atoms with Gasteiger partial charge in [0.1, 0.15) is 17.0 Å². The molecule has 0 aliphatic carbocycles. The molecular weight excluding hydrogens is 529 g/mol. The zero-order chi connectivity index (χ0) is 25.9. The minimum absolute atomic E-state index is 0.161. The van der Waals surface area contributed by atoms with Crippen molar-refractivity contribution in [3.8, 4) is 22.8 Å². The summed E-state index contributed by atoms with van der Waals surface area (Å²) in [4.78, 5) is 16.8. The van der Waals surface area contributed by atoms with Gasteiger partial charge < -0.3 is 14.2 Å². The van der Waals surface area contributed by atoms with E-state index in [0.717, 1.165) is 27.8 Å². The highest BCUT2D eigenvalue weighted by Crippen LogP contribution is 2.29. The average molecular weight is 548 g/mol. The molecule has 0 saturated carbocycles. The summed E-state index contributed by atoms with van der Waals surface area (Å²) in [6.45, 7) is 2.01. The van der Waals surface area contributed by atoms with Crippen LogP contribution in [0.15, 0.2) is 87.7 Å². The maximum absolute atomic E-state index is 12.3. The number of benzene rings is 3. The van der Waals surface area contributed by atoms with Crippen molar-refractivity contribution in [1.29, 1.82) is 0 Å². The molecule has 0 bridgehead atoms. The Morgan fingerprint density at radius 1 is 0.919 bits per heavy atom. The van der Waals surface area contributed by atoms with E-state index in [1.54, 1.807) is 36.4 Å². The minimum Gasteiger partial charge on any atom is -0.457 e. The number of hydrogen-bond acceptors (Lipinski definition) is 5. The van der Waals surface area contributed by atoms with Crippen LogP contribution in [-0.2, 0) is 4.79 Å². The molecule has 37 heavy (non-hydrogen) atoms. The standard InChI is InChI=1S/C28H19Cl2N3O3S/c1-16-2-9-23-25(12-16)36-27(32-23)17-3-5-21(6-4-17)31-28(37)33-26(34)11-8-22-7-10-24(35-22)18-13-19(29)15-20(30)14-18/h2-15H,1H3,(H2,31,33,34,37)/b11-8+. The summed E-state index contributed by atoms with van der Waals surface area (Å²) < 4.78 is 11.6. The molecule has 2 heterocycles. The van der Waals surface area contributed by atoms with Gasteiger partial charge in [-0.2, -0.15) is 0 Å². The molecule has 1 amide bonds. The Hall–Kier alpha value is -3.91. The highest BCUT2D eigenvalue weighted by molar-refractivity contribution is 7.80. The number of aromatic nitrogens is 1. The fourth-order valence-electron chi connectivity index (χ4n) is 3.62. The molecule has 6 nitrogen and oxygen atoms in total. The maximum atomic E-state index is 12.3. The van der Waals surface area contributed by atoms with E-state index < -0.39 is 5.91 Å². The molecule has 5 rings (SSSR count). The largest absolute Gasteiger partial charge is 0.457 e. The quantitative estimate of drug-likeness (QED) is 0.172. The third-order valence-electron chi connectivity index (χ3n) is 5.34. The first-order valence-corrected chi connectivity index (χ1v) is 12.3. The molecule has 2 N–H and O–H groups in total. The van der Waals surface area contributed by atoms with Crippen LogP contribution in [-0.4, -0.2) is 16.0 Å². The first-order valence-electron chi connectivity index (χ1n) is 11.2. The Bertz CT molecular complexity index is 1640. The molecular formula is C28H19Cl2N3O3S. The van der Waals surface area contributed by atoms with Crippen LogP contribution in [0.1, 0.15) is 11.3 Å². The van der Waals surface area contributed by atoms with Gasteiger partial charge in [0.2, 0.25) is 11.8 Å². The van der Waals surface area contributed by atoms with Crippen LogP contribution in [0.4, 0.5) is 5.69 Å². The van der Waals surface area contributed by atoms with E-state index in [1.807, 2.05) is 49.4 Å². The van der Waals surface area contributed by atoms with E-state index in [1.165, 1.54) is 6.08 Å². The predicted molar refractivity (Wildman–Crippen MR) is 152 cm³/mol. The summed E-state index contributed by atoms with van der Waals surface area (Å²) in [5.41, 5.74) is 4.94. The number of amides is 1. The third kappa shape index (κ3) is 6.09. The van der Waals surface area contributed by atoms with Crippen molar-refractivity contribution in [2.45, 2.75) is 6.92 Å². The highest BCUT2D eigenvalue weighted by Gasteiger charge is 2.10. The van der Waals surface area contributed by atoms with Crippen LogP contribution in [0, 0.1) is 6.92 Å². The lowest BCUT2D eigenvalue weighted by atomic mass is 10.2. The second-order valence-electron chi connectivity index (χ2n) is 8.20. The van der Waals surface area contributed by atoms with Crippen LogP contribution < -0.4 is 10.6 Å². The second-order valence-corrected chi connectivity index (χ2v) is 9.49. The minimum atomic E-state index is -0.403. The molecule has 0 aliphatic rings. The number of furan rings is 1. The summed E-state index contributed by atoms with van der Waals surface area (Å²) in [6.07, 6.45) is 2.88. The number of carbonyl (C=O) groups is 1. The number of nitrogens with zero attached hydrogens (tertiary/aromatic N) is 1. The van der Waals surface area contributed by atoms with Crippen LogP contribution >= 0.6 is 35.4 Å². The molecule has 0 fully saturated rings. The summed E-state index contributed by atoms with van der Waals surface area (Å²) in [5, 5.41) is 6.77. The first kappa shape index (κ1) is 24.8. The number of anilines is 1. The van der Waals surface area contributed by atoms with Gasteiger partial charge in [-0.05, 0) is 97.5 Å². The Balaban J connectivity index is 1.17. The van der Waals surface area contributed by atoms with Crippen molar-refractivity contribution in [3.05, 3.63) is 100 Å². The van der Waals surface area contributed by atoms with Gasteiger partial charge in [-0.3, -0.25) is 10.1 Å². The van der Waals surface area contributed by atoms with Crippen molar-refractivity contribution < 1.29 is 13.6 Å².